The number of rotatable bonds is 7. The van der Waals surface area contributed by atoms with Crippen LogP contribution in [0.3, 0.4) is 0 Å². The van der Waals surface area contributed by atoms with Gasteiger partial charge in [0.25, 0.3) is 5.91 Å². The highest BCUT2D eigenvalue weighted by Gasteiger charge is 2.21. The average molecular weight is 256 g/mol. The van der Waals surface area contributed by atoms with E-state index in [-0.39, 0.29) is 18.9 Å². The van der Waals surface area contributed by atoms with E-state index in [0.29, 0.717) is 0 Å². The molecule has 1 unspecified atom stereocenters. The molecule has 0 saturated heterocycles. The minimum atomic E-state index is -1.15. The number of carbonyl (C=O) groups is 2. The lowest BCUT2D eigenvalue weighted by Gasteiger charge is -2.13. The fraction of sp³-hybridized carbons (Fsp3) is 0.300. The molecule has 0 radical (unpaired) electrons. The molecule has 0 aliphatic carbocycles. The molecule has 17 heavy (non-hydrogen) atoms. The molecule has 0 saturated carbocycles. The van der Waals surface area contributed by atoms with E-state index in [9.17, 15) is 9.59 Å². The van der Waals surface area contributed by atoms with Crippen LogP contribution in [0.25, 0.3) is 0 Å². The molecule has 0 aromatic carbocycles. The third kappa shape index (κ3) is 4.33. The summed E-state index contributed by atoms with van der Waals surface area (Å²) < 4.78 is 4.99. The van der Waals surface area contributed by atoms with Gasteiger partial charge in [-0.2, -0.15) is 0 Å². The van der Waals surface area contributed by atoms with Gasteiger partial charge in [-0.3, -0.25) is 4.79 Å². The lowest BCUT2D eigenvalue weighted by atomic mass is 10.3. The molecule has 1 rings (SSSR count). The number of thiazole rings is 1. The number of amides is 1. The second kappa shape index (κ2) is 6.77. The quantitative estimate of drug-likeness (QED) is 0.548. The topological polar surface area (TPSA) is 88.5 Å². The normalized spacial score (nSPS) is 11.8. The second-order valence-corrected chi connectivity index (χ2v) is 3.78. The Morgan fingerprint density at radius 1 is 1.71 bits per heavy atom. The first-order valence-corrected chi connectivity index (χ1v) is 5.70. The first kappa shape index (κ1) is 13.3. The van der Waals surface area contributed by atoms with Gasteiger partial charge in [0.05, 0.1) is 18.7 Å². The highest BCUT2D eigenvalue weighted by molar-refractivity contribution is 7.07. The number of ether oxygens (including phenoxy) is 1. The van der Waals surface area contributed by atoms with E-state index in [2.05, 4.69) is 16.9 Å². The van der Waals surface area contributed by atoms with Crippen molar-refractivity contribution in [3.05, 3.63) is 29.2 Å². The molecule has 1 aromatic heterocycles. The van der Waals surface area contributed by atoms with E-state index in [0.717, 1.165) is 0 Å². The van der Waals surface area contributed by atoms with E-state index in [4.69, 9.17) is 9.84 Å². The van der Waals surface area contributed by atoms with Gasteiger partial charge in [-0.1, -0.05) is 6.08 Å². The van der Waals surface area contributed by atoms with Crippen molar-refractivity contribution in [3.63, 3.8) is 0 Å². The first-order valence-electron chi connectivity index (χ1n) is 4.75. The highest BCUT2D eigenvalue weighted by atomic mass is 32.1. The van der Waals surface area contributed by atoms with Gasteiger partial charge in [0.1, 0.15) is 5.69 Å². The summed E-state index contributed by atoms with van der Waals surface area (Å²) in [5, 5.41) is 12.7. The SMILES string of the molecule is C=CCOCC(NC(=O)c1cscn1)C(=O)O. The smallest absolute Gasteiger partial charge is 0.328 e. The molecular formula is C10H12N2O4S. The van der Waals surface area contributed by atoms with E-state index in [1.54, 1.807) is 5.38 Å². The summed E-state index contributed by atoms with van der Waals surface area (Å²) in [5.41, 5.74) is 1.70. The maximum atomic E-state index is 11.5. The Hall–Kier alpha value is -1.73. The van der Waals surface area contributed by atoms with Crippen LogP contribution in [0.5, 0.6) is 0 Å². The monoisotopic (exact) mass is 256 g/mol. The zero-order valence-corrected chi connectivity index (χ0v) is 9.77. The molecule has 7 heteroatoms. The van der Waals surface area contributed by atoms with Gasteiger partial charge in [-0.05, 0) is 0 Å². The maximum absolute atomic E-state index is 11.5. The van der Waals surface area contributed by atoms with Crippen LogP contribution < -0.4 is 5.32 Å². The number of carbonyl (C=O) groups excluding carboxylic acids is 1. The summed E-state index contributed by atoms with van der Waals surface area (Å²) in [7, 11) is 0. The molecule has 1 heterocycles. The Kier molecular flexibility index (Phi) is 5.31. The summed E-state index contributed by atoms with van der Waals surface area (Å²) >= 11 is 1.26. The van der Waals surface area contributed by atoms with Gasteiger partial charge in [-0.15, -0.1) is 17.9 Å². The van der Waals surface area contributed by atoms with Crippen molar-refractivity contribution < 1.29 is 19.4 Å². The van der Waals surface area contributed by atoms with Gasteiger partial charge < -0.3 is 15.2 Å². The van der Waals surface area contributed by atoms with E-state index in [1.165, 1.54) is 22.9 Å². The number of nitrogens with zero attached hydrogens (tertiary/aromatic N) is 1. The minimum Gasteiger partial charge on any atom is -0.480 e. The fourth-order valence-corrected chi connectivity index (χ4v) is 1.53. The Morgan fingerprint density at radius 3 is 3.00 bits per heavy atom. The van der Waals surface area contributed by atoms with Crippen LogP contribution in [0.4, 0.5) is 0 Å². The molecule has 6 nitrogen and oxygen atoms in total. The van der Waals surface area contributed by atoms with Gasteiger partial charge >= 0.3 is 5.97 Å². The Labute approximate surface area is 102 Å². The number of carboxylic acid groups (broad SMARTS) is 1. The van der Waals surface area contributed by atoms with Crippen LogP contribution in [0.2, 0.25) is 0 Å². The maximum Gasteiger partial charge on any atom is 0.328 e. The standard InChI is InChI=1S/C10H12N2O4S/c1-2-3-16-4-7(10(14)15)12-9(13)8-5-17-6-11-8/h2,5-7H,1,3-4H2,(H,12,13)(H,14,15). The average Bonchev–Trinajstić information content (AvgIpc) is 2.81. The van der Waals surface area contributed by atoms with Gasteiger partial charge in [0, 0.05) is 5.38 Å². The summed E-state index contributed by atoms with van der Waals surface area (Å²) in [4.78, 5) is 26.2. The summed E-state index contributed by atoms with van der Waals surface area (Å²) in [6, 6.07) is -1.09. The molecule has 2 N–H and O–H groups in total. The molecule has 0 aliphatic rings. The number of nitrogens with one attached hydrogen (secondary N) is 1. The van der Waals surface area contributed by atoms with E-state index < -0.39 is 17.9 Å². The molecular weight excluding hydrogens is 244 g/mol. The van der Waals surface area contributed by atoms with Crippen molar-refractivity contribution in [2.45, 2.75) is 6.04 Å². The molecule has 1 atom stereocenters. The fourth-order valence-electron chi connectivity index (χ4n) is 1.00. The third-order valence-electron chi connectivity index (χ3n) is 1.79. The molecule has 0 bridgehead atoms. The van der Waals surface area contributed by atoms with Crippen molar-refractivity contribution >= 4 is 23.2 Å². The number of carboxylic acids is 1. The Morgan fingerprint density at radius 2 is 2.47 bits per heavy atom. The lowest BCUT2D eigenvalue weighted by Crippen LogP contribution is -2.44. The van der Waals surface area contributed by atoms with Crippen molar-refractivity contribution in [1.29, 1.82) is 0 Å². The Balaban J connectivity index is 2.51. The molecule has 0 spiro atoms. The summed E-state index contributed by atoms with van der Waals surface area (Å²) in [6.07, 6.45) is 1.50. The molecule has 1 amide bonds. The van der Waals surface area contributed by atoms with Crippen molar-refractivity contribution in [3.8, 4) is 0 Å². The van der Waals surface area contributed by atoms with Crippen LogP contribution >= 0.6 is 11.3 Å². The number of hydrogen-bond donors (Lipinski definition) is 2. The minimum absolute atomic E-state index is 0.114. The van der Waals surface area contributed by atoms with Crippen LogP contribution in [0, 0.1) is 0 Å². The molecule has 0 fully saturated rings. The van der Waals surface area contributed by atoms with Crippen LogP contribution in [-0.2, 0) is 9.53 Å². The first-order chi connectivity index (χ1) is 8.15. The van der Waals surface area contributed by atoms with Crippen LogP contribution in [-0.4, -0.2) is 41.2 Å². The van der Waals surface area contributed by atoms with Crippen LogP contribution in [0.15, 0.2) is 23.5 Å². The Bertz CT molecular complexity index is 391. The van der Waals surface area contributed by atoms with E-state index in [1.807, 2.05) is 0 Å². The summed E-state index contributed by atoms with van der Waals surface area (Å²) in [5.74, 6) is -1.68. The van der Waals surface area contributed by atoms with E-state index >= 15 is 0 Å². The van der Waals surface area contributed by atoms with Gasteiger partial charge in [0.15, 0.2) is 6.04 Å². The van der Waals surface area contributed by atoms with Crippen molar-refractivity contribution in [2.24, 2.45) is 0 Å². The highest BCUT2D eigenvalue weighted by Crippen LogP contribution is 2.01. The molecule has 0 aliphatic heterocycles. The lowest BCUT2D eigenvalue weighted by molar-refractivity contribution is -0.140. The second-order valence-electron chi connectivity index (χ2n) is 3.06. The zero-order chi connectivity index (χ0) is 12.7. The van der Waals surface area contributed by atoms with Crippen LogP contribution in [0.1, 0.15) is 10.5 Å². The largest absolute Gasteiger partial charge is 0.480 e. The summed E-state index contributed by atoms with van der Waals surface area (Å²) in [6.45, 7) is 3.55. The molecule has 1 aromatic rings. The zero-order valence-electron chi connectivity index (χ0n) is 8.96. The van der Waals surface area contributed by atoms with Gasteiger partial charge in [-0.25, -0.2) is 9.78 Å². The predicted molar refractivity (Wildman–Crippen MR) is 62.0 cm³/mol. The van der Waals surface area contributed by atoms with Crippen molar-refractivity contribution in [2.75, 3.05) is 13.2 Å². The van der Waals surface area contributed by atoms with Gasteiger partial charge in [0.2, 0.25) is 0 Å². The predicted octanol–water partition coefficient (Wildman–Crippen LogP) is 0.529. The number of aliphatic carboxylic acids is 1. The molecule has 92 valence electrons. The number of aromatic nitrogens is 1. The number of hydrogen-bond acceptors (Lipinski definition) is 5. The van der Waals surface area contributed by atoms with Crippen molar-refractivity contribution in [1.82, 2.24) is 10.3 Å². The third-order valence-corrected chi connectivity index (χ3v) is 2.38.